The average Bonchev–Trinajstić information content (AvgIpc) is 2.99. The fraction of sp³-hybridized carbons (Fsp3) is 0.235. The summed E-state index contributed by atoms with van der Waals surface area (Å²) >= 11 is 3.14. The molecule has 0 saturated heterocycles. The summed E-state index contributed by atoms with van der Waals surface area (Å²) in [4.78, 5) is 23.1. The zero-order chi connectivity index (χ0) is 16.2. The van der Waals surface area contributed by atoms with Gasteiger partial charge in [-0.1, -0.05) is 36.9 Å². The van der Waals surface area contributed by atoms with Crippen LogP contribution in [0.15, 0.2) is 41.7 Å². The van der Waals surface area contributed by atoms with Gasteiger partial charge in [-0.3, -0.25) is 4.79 Å². The Morgan fingerprint density at radius 2 is 2.13 bits per heavy atom. The number of nitrogens with zero attached hydrogens (tertiary/aromatic N) is 2. The molecular weight excluding hydrogens is 326 g/mol. The number of para-hydroxylation sites is 1. The number of hydrogen-bond donors (Lipinski definition) is 1. The summed E-state index contributed by atoms with van der Waals surface area (Å²) in [6.45, 7) is 4.11. The summed E-state index contributed by atoms with van der Waals surface area (Å²) in [5.74, 6) is 0.305. The Balaban J connectivity index is 1.69. The van der Waals surface area contributed by atoms with Gasteiger partial charge in [-0.05, 0) is 31.0 Å². The summed E-state index contributed by atoms with van der Waals surface area (Å²) in [5, 5.41) is 4.86. The van der Waals surface area contributed by atoms with Gasteiger partial charge in [0.25, 0.3) is 0 Å². The maximum absolute atomic E-state index is 12.2. The molecule has 23 heavy (non-hydrogen) atoms. The third-order valence-corrected chi connectivity index (χ3v) is 5.64. The summed E-state index contributed by atoms with van der Waals surface area (Å²) in [6.07, 6.45) is 2.55. The van der Waals surface area contributed by atoms with Gasteiger partial charge in [0.1, 0.15) is 16.2 Å². The van der Waals surface area contributed by atoms with Crippen LogP contribution in [0.1, 0.15) is 17.4 Å². The van der Waals surface area contributed by atoms with E-state index in [2.05, 4.69) is 28.3 Å². The van der Waals surface area contributed by atoms with Crippen molar-refractivity contribution < 1.29 is 4.79 Å². The van der Waals surface area contributed by atoms with E-state index in [4.69, 9.17) is 0 Å². The molecule has 4 nitrogen and oxygen atoms in total. The van der Waals surface area contributed by atoms with Gasteiger partial charge in [0.15, 0.2) is 0 Å². The highest BCUT2D eigenvalue weighted by atomic mass is 32.2. The molecule has 2 aromatic heterocycles. The molecule has 6 heteroatoms. The molecule has 0 radical (unpaired) electrons. The minimum absolute atomic E-state index is 0.0259. The second-order valence-corrected chi connectivity index (χ2v) is 7.19. The lowest BCUT2D eigenvalue weighted by Crippen LogP contribution is -2.14. The van der Waals surface area contributed by atoms with Crippen LogP contribution >= 0.6 is 23.1 Å². The van der Waals surface area contributed by atoms with Crippen molar-refractivity contribution in [2.45, 2.75) is 25.3 Å². The Kier molecular flexibility index (Phi) is 4.93. The van der Waals surface area contributed by atoms with E-state index in [-0.39, 0.29) is 5.91 Å². The molecule has 0 spiro atoms. The zero-order valence-corrected chi connectivity index (χ0v) is 14.6. The fourth-order valence-corrected chi connectivity index (χ4v) is 3.98. The first-order chi connectivity index (χ1) is 11.2. The summed E-state index contributed by atoms with van der Waals surface area (Å²) in [6, 6.07) is 9.89. The van der Waals surface area contributed by atoms with Gasteiger partial charge in [0.2, 0.25) is 5.91 Å². The Morgan fingerprint density at radius 1 is 1.30 bits per heavy atom. The highest BCUT2D eigenvalue weighted by molar-refractivity contribution is 8.00. The molecule has 2 heterocycles. The SMILES string of the molecule is CCc1cc2c(SCC(=O)Nc3ccccc3C)ncnc2s1. The number of fused-ring (bicyclic) bond motifs is 1. The van der Waals surface area contributed by atoms with Crippen LogP contribution in [-0.2, 0) is 11.2 Å². The largest absolute Gasteiger partial charge is 0.325 e. The number of hydrogen-bond acceptors (Lipinski definition) is 5. The van der Waals surface area contributed by atoms with E-state index < -0.39 is 0 Å². The van der Waals surface area contributed by atoms with Crippen LogP contribution in [0.5, 0.6) is 0 Å². The van der Waals surface area contributed by atoms with Crippen LogP contribution in [-0.4, -0.2) is 21.6 Å². The Hall–Kier alpha value is -1.92. The van der Waals surface area contributed by atoms with Crippen LogP contribution in [0.3, 0.4) is 0 Å². The standard InChI is InChI=1S/C17H17N3OS2/c1-3-12-8-13-16(18-10-19-17(13)23-12)22-9-15(21)20-14-7-5-4-6-11(14)2/h4-8,10H,3,9H2,1-2H3,(H,20,21). The number of thiophene rings is 1. The normalized spacial score (nSPS) is 10.9. The number of anilines is 1. The van der Waals surface area contributed by atoms with Crippen LogP contribution in [0.4, 0.5) is 5.69 Å². The maximum atomic E-state index is 12.2. The van der Waals surface area contributed by atoms with E-state index >= 15 is 0 Å². The molecule has 0 atom stereocenters. The predicted octanol–water partition coefficient (Wildman–Crippen LogP) is 4.29. The first-order valence-corrected chi connectivity index (χ1v) is 9.19. The summed E-state index contributed by atoms with van der Waals surface area (Å²) < 4.78 is 0. The lowest BCUT2D eigenvalue weighted by atomic mass is 10.2. The zero-order valence-electron chi connectivity index (χ0n) is 13.0. The number of carbonyl (C=O) groups excluding carboxylic acids is 1. The number of rotatable bonds is 5. The van der Waals surface area contributed by atoms with Crippen molar-refractivity contribution in [3.05, 3.63) is 47.1 Å². The highest BCUT2D eigenvalue weighted by Crippen LogP contribution is 2.31. The van der Waals surface area contributed by atoms with Crippen LogP contribution in [0, 0.1) is 6.92 Å². The number of aromatic nitrogens is 2. The van der Waals surface area contributed by atoms with E-state index in [0.717, 1.165) is 32.9 Å². The third-order valence-electron chi connectivity index (χ3n) is 3.45. The van der Waals surface area contributed by atoms with E-state index in [1.54, 1.807) is 17.7 Å². The number of thioether (sulfide) groups is 1. The molecule has 1 N–H and O–H groups in total. The molecule has 3 aromatic rings. The lowest BCUT2D eigenvalue weighted by molar-refractivity contribution is -0.113. The quantitative estimate of drug-likeness (QED) is 0.554. The van der Waals surface area contributed by atoms with Crippen molar-refractivity contribution in [1.82, 2.24) is 9.97 Å². The number of benzene rings is 1. The molecule has 0 aliphatic rings. The smallest absolute Gasteiger partial charge is 0.234 e. The molecule has 0 bridgehead atoms. The van der Waals surface area contributed by atoms with Crippen molar-refractivity contribution in [3.63, 3.8) is 0 Å². The number of carbonyl (C=O) groups is 1. The summed E-state index contributed by atoms with van der Waals surface area (Å²) in [7, 11) is 0. The lowest BCUT2D eigenvalue weighted by Gasteiger charge is -2.07. The second-order valence-electron chi connectivity index (χ2n) is 5.12. The Labute approximate surface area is 143 Å². The van der Waals surface area contributed by atoms with Crippen molar-refractivity contribution >= 4 is 44.9 Å². The van der Waals surface area contributed by atoms with E-state index in [0.29, 0.717) is 5.75 Å². The molecule has 0 unspecified atom stereocenters. The number of amides is 1. The minimum Gasteiger partial charge on any atom is -0.325 e. The molecule has 3 rings (SSSR count). The van der Waals surface area contributed by atoms with Crippen molar-refractivity contribution in [2.75, 3.05) is 11.1 Å². The number of nitrogens with one attached hydrogen (secondary N) is 1. The predicted molar refractivity (Wildman–Crippen MR) is 97.3 cm³/mol. The van der Waals surface area contributed by atoms with Crippen LogP contribution in [0.2, 0.25) is 0 Å². The van der Waals surface area contributed by atoms with Crippen molar-refractivity contribution in [2.24, 2.45) is 0 Å². The van der Waals surface area contributed by atoms with E-state index in [1.807, 2.05) is 31.2 Å². The van der Waals surface area contributed by atoms with Crippen molar-refractivity contribution in [3.8, 4) is 0 Å². The molecular formula is C17H17N3OS2. The van der Waals surface area contributed by atoms with Gasteiger partial charge in [-0.15, -0.1) is 11.3 Å². The second kappa shape index (κ2) is 7.10. The topological polar surface area (TPSA) is 54.9 Å². The maximum Gasteiger partial charge on any atom is 0.234 e. The minimum atomic E-state index is -0.0259. The fourth-order valence-electron chi connectivity index (χ4n) is 2.21. The first-order valence-electron chi connectivity index (χ1n) is 7.39. The molecule has 0 fully saturated rings. The monoisotopic (exact) mass is 343 g/mol. The van der Waals surface area contributed by atoms with Crippen LogP contribution in [0.25, 0.3) is 10.2 Å². The molecule has 1 aromatic carbocycles. The van der Waals surface area contributed by atoms with Crippen LogP contribution < -0.4 is 5.32 Å². The molecule has 0 aliphatic carbocycles. The van der Waals surface area contributed by atoms with Crippen molar-refractivity contribution in [1.29, 1.82) is 0 Å². The molecule has 118 valence electrons. The Bertz CT molecular complexity index is 845. The summed E-state index contributed by atoms with van der Waals surface area (Å²) in [5.41, 5.74) is 1.91. The Morgan fingerprint density at radius 3 is 2.91 bits per heavy atom. The molecule has 1 amide bonds. The van der Waals surface area contributed by atoms with Gasteiger partial charge in [0, 0.05) is 16.0 Å². The highest BCUT2D eigenvalue weighted by Gasteiger charge is 2.11. The average molecular weight is 343 g/mol. The van der Waals surface area contributed by atoms with E-state index in [9.17, 15) is 4.79 Å². The van der Waals surface area contributed by atoms with Gasteiger partial charge in [0.05, 0.1) is 5.75 Å². The van der Waals surface area contributed by atoms with Gasteiger partial charge in [-0.2, -0.15) is 0 Å². The first kappa shape index (κ1) is 16.0. The number of aryl methyl sites for hydroxylation is 2. The van der Waals surface area contributed by atoms with Gasteiger partial charge >= 0.3 is 0 Å². The third kappa shape index (κ3) is 3.71. The van der Waals surface area contributed by atoms with Gasteiger partial charge < -0.3 is 5.32 Å². The van der Waals surface area contributed by atoms with E-state index in [1.165, 1.54) is 16.6 Å². The molecule has 0 saturated carbocycles. The van der Waals surface area contributed by atoms with Gasteiger partial charge in [-0.25, -0.2) is 9.97 Å². The molecule has 0 aliphatic heterocycles.